The molecule has 0 aliphatic carbocycles. The summed E-state index contributed by atoms with van der Waals surface area (Å²) < 4.78 is 20.4. The zero-order valence-corrected chi connectivity index (χ0v) is 14.8. The second-order valence-corrected chi connectivity index (χ2v) is 5.16. The molecule has 0 atom stereocenters. The van der Waals surface area contributed by atoms with Gasteiger partial charge in [0.1, 0.15) is 5.76 Å². The highest BCUT2D eigenvalue weighted by Crippen LogP contribution is 2.28. The number of nitrogens with zero attached hydrogens (tertiary/aromatic N) is 1. The lowest BCUT2D eigenvalue weighted by atomic mass is 10.2. The van der Waals surface area contributed by atoms with E-state index in [0.717, 1.165) is 5.56 Å². The number of rotatable bonds is 8. The third-order valence-corrected chi connectivity index (χ3v) is 3.14. The summed E-state index contributed by atoms with van der Waals surface area (Å²) in [4.78, 5) is 23.4. The number of benzene rings is 1. The van der Waals surface area contributed by atoms with Gasteiger partial charge in [0.05, 0.1) is 13.7 Å². The minimum absolute atomic E-state index is 0.265. The zero-order chi connectivity index (χ0) is 18.9. The van der Waals surface area contributed by atoms with Gasteiger partial charge < -0.3 is 24.1 Å². The van der Waals surface area contributed by atoms with Crippen molar-refractivity contribution in [1.29, 1.82) is 0 Å². The molecule has 1 heterocycles. The number of aromatic nitrogens is 1. The van der Waals surface area contributed by atoms with Crippen LogP contribution >= 0.6 is 0 Å². The van der Waals surface area contributed by atoms with Crippen LogP contribution in [0.2, 0.25) is 0 Å². The molecule has 0 spiro atoms. The van der Waals surface area contributed by atoms with Crippen molar-refractivity contribution in [2.75, 3.05) is 25.6 Å². The second kappa shape index (κ2) is 9.26. The zero-order valence-electron chi connectivity index (χ0n) is 14.8. The molecule has 1 aromatic carbocycles. The first kappa shape index (κ1) is 19.0. The Morgan fingerprint density at radius 2 is 2.08 bits per heavy atom. The third kappa shape index (κ3) is 5.66. The molecule has 0 fully saturated rings. The van der Waals surface area contributed by atoms with Gasteiger partial charge in [0, 0.05) is 12.1 Å². The highest BCUT2D eigenvalue weighted by Gasteiger charge is 2.09. The lowest BCUT2D eigenvalue weighted by Crippen LogP contribution is -2.20. The molecule has 0 unspecified atom stereocenters. The minimum Gasteiger partial charge on any atom is -0.493 e. The summed E-state index contributed by atoms with van der Waals surface area (Å²) in [5, 5.41) is 6.06. The van der Waals surface area contributed by atoms with Crippen molar-refractivity contribution in [1.82, 2.24) is 5.16 Å². The summed E-state index contributed by atoms with van der Waals surface area (Å²) in [5.41, 5.74) is 0.730. The molecule has 26 heavy (non-hydrogen) atoms. The molecule has 2 rings (SSSR count). The number of esters is 1. The average molecular weight is 360 g/mol. The summed E-state index contributed by atoms with van der Waals surface area (Å²) in [6.45, 7) is 3.63. The van der Waals surface area contributed by atoms with Crippen LogP contribution in [0.1, 0.15) is 18.2 Å². The average Bonchev–Trinajstić information content (AvgIpc) is 3.03. The van der Waals surface area contributed by atoms with Crippen LogP contribution in [0.15, 0.2) is 34.9 Å². The van der Waals surface area contributed by atoms with Gasteiger partial charge >= 0.3 is 5.97 Å². The van der Waals surface area contributed by atoms with E-state index < -0.39 is 18.5 Å². The first-order valence-electron chi connectivity index (χ1n) is 7.90. The van der Waals surface area contributed by atoms with Crippen molar-refractivity contribution >= 4 is 23.8 Å². The van der Waals surface area contributed by atoms with Gasteiger partial charge in [-0.1, -0.05) is 11.2 Å². The number of hydrogen-bond donors (Lipinski definition) is 1. The van der Waals surface area contributed by atoms with Crippen molar-refractivity contribution in [3.8, 4) is 11.5 Å². The van der Waals surface area contributed by atoms with Gasteiger partial charge in [0.25, 0.3) is 5.91 Å². The summed E-state index contributed by atoms with van der Waals surface area (Å²) >= 11 is 0. The van der Waals surface area contributed by atoms with Crippen molar-refractivity contribution in [2.24, 2.45) is 0 Å². The molecule has 0 aliphatic rings. The summed E-state index contributed by atoms with van der Waals surface area (Å²) in [6.07, 6.45) is 2.79. The van der Waals surface area contributed by atoms with Crippen LogP contribution < -0.4 is 14.8 Å². The number of ether oxygens (including phenoxy) is 3. The molecule has 8 heteroatoms. The number of nitrogens with one attached hydrogen (secondary N) is 1. The van der Waals surface area contributed by atoms with E-state index in [1.807, 2.05) is 6.92 Å². The molecular weight excluding hydrogens is 340 g/mol. The van der Waals surface area contributed by atoms with E-state index in [9.17, 15) is 9.59 Å². The fraction of sp³-hybridized carbons (Fsp3) is 0.278. The topological polar surface area (TPSA) is 99.9 Å². The Bertz CT molecular complexity index is 797. The molecule has 1 aromatic heterocycles. The van der Waals surface area contributed by atoms with Crippen LogP contribution in [0.3, 0.4) is 0 Å². The van der Waals surface area contributed by atoms with Crippen molar-refractivity contribution < 1.29 is 28.3 Å². The Balaban J connectivity index is 1.86. The molecule has 0 aliphatic heterocycles. The Morgan fingerprint density at radius 3 is 2.73 bits per heavy atom. The number of carbonyl (C=O) groups excluding carboxylic acids is 2. The van der Waals surface area contributed by atoms with Crippen LogP contribution in [0.4, 0.5) is 5.82 Å². The quantitative estimate of drug-likeness (QED) is 0.570. The summed E-state index contributed by atoms with van der Waals surface area (Å²) in [7, 11) is 1.55. The number of aryl methyl sites for hydroxylation is 1. The molecule has 0 radical (unpaired) electrons. The van der Waals surface area contributed by atoms with Crippen molar-refractivity contribution in [3.05, 3.63) is 41.7 Å². The molecule has 1 N–H and O–H groups in total. The van der Waals surface area contributed by atoms with E-state index in [2.05, 4.69) is 10.5 Å². The number of hydrogen-bond acceptors (Lipinski definition) is 7. The minimum atomic E-state index is -0.648. The Kier molecular flexibility index (Phi) is 6.78. The van der Waals surface area contributed by atoms with Crippen molar-refractivity contribution in [3.63, 3.8) is 0 Å². The number of anilines is 1. The SMILES string of the molecule is CCOc1cc(/C=C/C(=O)OCC(=O)Nc2cc(C)on2)ccc1OC. The first-order valence-corrected chi connectivity index (χ1v) is 7.90. The maximum absolute atomic E-state index is 11.7. The van der Waals surface area contributed by atoms with Gasteiger partial charge in [-0.25, -0.2) is 4.79 Å². The molecule has 0 saturated heterocycles. The van der Waals surface area contributed by atoms with Gasteiger partial charge in [-0.15, -0.1) is 0 Å². The molecule has 138 valence electrons. The molecule has 0 bridgehead atoms. The molecule has 1 amide bonds. The smallest absolute Gasteiger partial charge is 0.331 e. The van der Waals surface area contributed by atoms with E-state index >= 15 is 0 Å². The standard InChI is InChI=1S/C18H20N2O6/c1-4-24-15-10-13(5-7-14(15)23-3)6-8-18(22)25-11-17(21)19-16-9-12(2)26-20-16/h5-10H,4,11H2,1-3H3,(H,19,20,21)/b8-6+. The van der Waals surface area contributed by atoms with E-state index in [0.29, 0.717) is 23.9 Å². The van der Waals surface area contributed by atoms with E-state index in [4.69, 9.17) is 18.7 Å². The van der Waals surface area contributed by atoms with Gasteiger partial charge in [0.2, 0.25) is 0 Å². The number of amides is 1. The van der Waals surface area contributed by atoms with E-state index in [-0.39, 0.29) is 5.82 Å². The van der Waals surface area contributed by atoms with Crippen LogP contribution in [-0.4, -0.2) is 37.4 Å². The van der Waals surface area contributed by atoms with Gasteiger partial charge in [-0.2, -0.15) is 0 Å². The monoisotopic (exact) mass is 360 g/mol. The third-order valence-electron chi connectivity index (χ3n) is 3.14. The summed E-state index contributed by atoms with van der Waals surface area (Å²) in [5.74, 6) is 0.847. The van der Waals surface area contributed by atoms with Crippen LogP contribution in [0, 0.1) is 6.92 Å². The lowest BCUT2D eigenvalue weighted by Gasteiger charge is -2.09. The normalized spacial score (nSPS) is 10.6. The second-order valence-electron chi connectivity index (χ2n) is 5.16. The Hall–Kier alpha value is -3.29. The van der Waals surface area contributed by atoms with Crippen molar-refractivity contribution in [2.45, 2.75) is 13.8 Å². The molecule has 2 aromatic rings. The van der Waals surface area contributed by atoms with Crippen LogP contribution in [0.25, 0.3) is 6.08 Å². The number of methoxy groups -OCH3 is 1. The number of carbonyl (C=O) groups is 2. The molecule has 8 nitrogen and oxygen atoms in total. The van der Waals surface area contributed by atoms with Crippen LogP contribution in [-0.2, 0) is 14.3 Å². The first-order chi connectivity index (χ1) is 12.5. The highest BCUT2D eigenvalue weighted by molar-refractivity contribution is 5.94. The Labute approximate surface area is 150 Å². The predicted octanol–water partition coefficient (Wildman–Crippen LogP) is 2.59. The Morgan fingerprint density at radius 1 is 1.27 bits per heavy atom. The fourth-order valence-corrected chi connectivity index (χ4v) is 2.02. The van der Waals surface area contributed by atoms with E-state index in [1.54, 1.807) is 44.4 Å². The highest BCUT2D eigenvalue weighted by atomic mass is 16.5. The molecular formula is C18H20N2O6. The van der Waals surface area contributed by atoms with Gasteiger partial charge in [0.15, 0.2) is 23.9 Å². The predicted molar refractivity (Wildman–Crippen MR) is 94.0 cm³/mol. The van der Waals surface area contributed by atoms with Crippen LogP contribution in [0.5, 0.6) is 11.5 Å². The lowest BCUT2D eigenvalue weighted by molar-refractivity contribution is -0.142. The largest absolute Gasteiger partial charge is 0.493 e. The van der Waals surface area contributed by atoms with Gasteiger partial charge in [-0.3, -0.25) is 4.79 Å². The summed E-state index contributed by atoms with van der Waals surface area (Å²) in [6, 6.07) is 6.80. The maximum atomic E-state index is 11.7. The van der Waals surface area contributed by atoms with Gasteiger partial charge in [-0.05, 0) is 37.6 Å². The molecule has 0 saturated carbocycles. The maximum Gasteiger partial charge on any atom is 0.331 e. The van der Waals surface area contributed by atoms with E-state index in [1.165, 1.54) is 6.08 Å². The fourth-order valence-electron chi connectivity index (χ4n) is 2.02.